The van der Waals surface area contributed by atoms with E-state index in [4.69, 9.17) is 4.74 Å². The van der Waals surface area contributed by atoms with Crippen molar-refractivity contribution in [2.75, 3.05) is 7.11 Å². The molecule has 0 aliphatic heterocycles. The Bertz CT molecular complexity index is 447. The third-order valence-electron chi connectivity index (χ3n) is 3.73. The highest BCUT2D eigenvalue weighted by Gasteiger charge is 2.32. The van der Waals surface area contributed by atoms with Gasteiger partial charge in [0, 0.05) is 6.42 Å². The van der Waals surface area contributed by atoms with Crippen LogP contribution in [0.5, 0.6) is 5.75 Å². The van der Waals surface area contributed by atoms with Crippen LogP contribution in [-0.2, 0) is 9.59 Å². The van der Waals surface area contributed by atoms with Gasteiger partial charge in [0.1, 0.15) is 17.3 Å². The molecule has 1 aromatic rings. The number of hydrogen-bond acceptors (Lipinski definition) is 3. The lowest BCUT2D eigenvalue weighted by molar-refractivity contribution is -0.133. The highest BCUT2D eigenvalue weighted by atomic mass is 16.5. The summed E-state index contributed by atoms with van der Waals surface area (Å²) in [6, 6.07) is 7.90. The average Bonchev–Trinajstić information content (AvgIpc) is 2.39. The maximum Gasteiger partial charge on any atom is 0.143 e. The van der Waals surface area contributed by atoms with E-state index >= 15 is 0 Å². The minimum absolute atomic E-state index is 0.00166. The molecule has 0 N–H and O–H groups in total. The molecule has 0 amide bonds. The predicted molar refractivity (Wildman–Crippen MR) is 68.8 cm³/mol. The van der Waals surface area contributed by atoms with E-state index in [1.807, 2.05) is 24.3 Å². The SMILES string of the molecule is COc1ccc([C@@H]2CCC(=O)[C@H](C(C)=O)C2)cc1. The highest BCUT2D eigenvalue weighted by Crippen LogP contribution is 2.35. The van der Waals surface area contributed by atoms with E-state index in [2.05, 4.69) is 0 Å². The van der Waals surface area contributed by atoms with Crippen LogP contribution in [-0.4, -0.2) is 18.7 Å². The summed E-state index contributed by atoms with van der Waals surface area (Å²) in [6.45, 7) is 1.51. The number of methoxy groups -OCH3 is 1. The van der Waals surface area contributed by atoms with Gasteiger partial charge in [-0.3, -0.25) is 9.59 Å². The second-order valence-corrected chi connectivity index (χ2v) is 4.87. The molecule has 1 aliphatic rings. The topological polar surface area (TPSA) is 43.4 Å². The number of ketones is 2. The summed E-state index contributed by atoms with van der Waals surface area (Å²) in [4.78, 5) is 23.1. The lowest BCUT2D eigenvalue weighted by atomic mass is 9.76. The first-order valence-electron chi connectivity index (χ1n) is 6.29. The second-order valence-electron chi connectivity index (χ2n) is 4.87. The van der Waals surface area contributed by atoms with E-state index in [1.54, 1.807) is 7.11 Å². The summed E-state index contributed by atoms with van der Waals surface area (Å²) < 4.78 is 5.12. The van der Waals surface area contributed by atoms with Crippen LogP contribution >= 0.6 is 0 Å². The van der Waals surface area contributed by atoms with Gasteiger partial charge in [-0.05, 0) is 43.4 Å². The predicted octanol–water partition coefficient (Wildman–Crippen LogP) is 2.74. The fourth-order valence-corrected chi connectivity index (χ4v) is 2.60. The molecule has 1 fully saturated rings. The van der Waals surface area contributed by atoms with E-state index in [9.17, 15) is 9.59 Å². The lowest BCUT2D eigenvalue weighted by Crippen LogP contribution is -2.29. The molecule has 0 spiro atoms. The molecule has 96 valence electrons. The molecular weight excluding hydrogens is 228 g/mol. The van der Waals surface area contributed by atoms with E-state index in [1.165, 1.54) is 12.5 Å². The first-order valence-corrected chi connectivity index (χ1v) is 6.29. The molecular formula is C15H18O3. The summed E-state index contributed by atoms with van der Waals surface area (Å²) >= 11 is 0. The number of Topliss-reactive ketones (excluding diaryl/α,β-unsaturated/α-hetero) is 2. The van der Waals surface area contributed by atoms with Crippen molar-refractivity contribution in [2.24, 2.45) is 5.92 Å². The third-order valence-corrected chi connectivity index (χ3v) is 3.73. The zero-order chi connectivity index (χ0) is 13.1. The van der Waals surface area contributed by atoms with Crippen molar-refractivity contribution in [3.8, 4) is 5.75 Å². The second kappa shape index (κ2) is 5.34. The molecule has 1 saturated carbocycles. The van der Waals surface area contributed by atoms with Crippen LogP contribution in [0.4, 0.5) is 0 Å². The molecule has 3 nitrogen and oxygen atoms in total. The summed E-state index contributed by atoms with van der Waals surface area (Å²) in [5, 5.41) is 0. The highest BCUT2D eigenvalue weighted by molar-refractivity contribution is 6.01. The number of carbonyl (C=O) groups excluding carboxylic acids is 2. The van der Waals surface area contributed by atoms with Gasteiger partial charge in [0.25, 0.3) is 0 Å². The minimum Gasteiger partial charge on any atom is -0.497 e. The quantitative estimate of drug-likeness (QED) is 0.770. The summed E-state index contributed by atoms with van der Waals surface area (Å²) in [6.07, 6.45) is 2.01. The smallest absolute Gasteiger partial charge is 0.143 e. The molecule has 3 heteroatoms. The van der Waals surface area contributed by atoms with Gasteiger partial charge in [0.15, 0.2) is 0 Å². The molecule has 0 aromatic heterocycles. The molecule has 0 radical (unpaired) electrons. The van der Waals surface area contributed by atoms with Gasteiger partial charge >= 0.3 is 0 Å². The van der Waals surface area contributed by atoms with Crippen LogP contribution in [0.3, 0.4) is 0 Å². The first kappa shape index (κ1) is 12.8. The number of hydrogen-bond donors (Lipinski definition) is 0. The summed E-state index contributed by atoms with van der Waals surface area (Å²) in [7, 11) is 1.64. The lowest BCUT2D eigenvalue weighted by Gasteiger charge is -2.27. The van der Waals surface area contributed by atoms with E-state index in [-0.39, 0.29) is 11.6 Å². The van der Waals surface area contributed by atoms with Gasteiger partial charge < -0.3 is 4.74 Å². The summed E-state index contributed by atoms with van der Waals surface area (Å²) in [5.74, 6) is 0.840. The fourth-order valence-electron chi connectivity index (χ4n) is 2.60. The van der Waals surface area contributed by atoms with E-state index < -0.39 is 5.92 Å². The Kier molecular flexibility index (Phi) is 3.80. The van der Waals surface area contributed by atoms with Crippen molar-refractivity contribution < 1.29 is 14.3 Å². The monoisotopic (exact) mass is 246 g/mol. The molecule has 1 aromatic carbocycles. The van der Waals surface area contributed by atoms with Gasteiger partial charge in [-0.2, -0.15) is 0 Å². The van der Waals surface area contributed by atoms with Crippen molar-refractivity contribution in [2.45, 2.75) is 32.1 Å². The van der Waals surface area contributed by atoms with Gasteiger partial charge in [0.2, 0.25) is 0 Å². The van der Waals surface area contributed by atoms with Gasteiger partial charge in [-0.1, -0.05) is 12.1 Å². The van der Waals surface area contributed by atoms with Gasteiger partial charge in [-0.15, -0.1) is 0 Å². The van der Waals surface area contributed by atoms with Crippen molar-refractivity contribution in [3.63, 3.8) is 0 Å². The van der Waals surface area contributed by atoms with Crippen LogP contribution in [0.1, 0.15) is 37.7 Å². The van der Waals surface area contributed by atoms with E-state index in [0.717, 1.165) is 12.2 Å². The molecule has 0 unspecified atom stereocenters. The molecule has 0 bridgehead atoms. The Morgan fingerprint density at radius 2 is 1.94 bits per heavy atom. The maximum atomic E-state index is 11.7. The van der Waals surface area contributed by atoms with Crippen molar-refractivity contribution >= 4 is 11.6 Å². The standard InChI is InChI=1S/C15H18O3/c1-10(16)14-9-12(5-8-15(14)17)11-3-6-13(18-2)7-4-11/h3-4,6-7,12,14H,5,8-9H2,1-2H3/t12-,14+/m1/s1. The van der Waals surface area contributed by atoms with Gasteiger partial charge in [-0.25, -0.2) is 0 Å². The Morgan fingerprint density at radius 3 is 2.50 bits per heavy atom. The number of ether oxygens (including phenoxy) is 1. The largest absolute Gasteiger partial charge is 0.497 e. The molecule has 2 rings (SSSR count). The zero-order valence-electron chi connectivity index (χ0n) is 10.8. The maximum absolute atomic E-state index is 11.7. The molecule has 0 saturated heterocycles. The fraction of sp³-hybridized carbons (Fsp3) is 0.467. The molecule has 2 atom stereocenters. The molecule has 18 heavy (non-hydrogen) atoms. The number of rotatable bonds is 3. The van der Waals surface area contributed by atoms with Crippen LogP contribution < -0.4 is 4.74 Å². The Morgan fingerprint density at radius 1 is 1.28 bits per heavy atom. The molecule has 0 heterocycles. The zero-order valence-corrected chi connectivity index (χ0v) is 10.8. The Balaban J connectivity index is 2.13. The van der Waals surface area contributed by atoms with Crippen LogP contribution in [0.25, 0.3) is 0 Å². The van der Waals surface area contributed by atoms with Crippen molar-refractivity contribution in [1.29, 1.82) is 0 Å². The normalized spacial score (nSPS) is 23.8. The molecule has 1 aliphatic carbocycles. The van der Waals surface area contributed by atoms with Crippen LogP contribution in [0.2, 0.25) is 0 Å². The van der Waals surface area contributed by atoms with E-state index in [0.29, 0.717) is 18.8 Å². The Labute approximate surface area is 107 Å². The summed E-state index contributed by atoms with van der Waals surface area (Å²) in [5.41, 5.74) is 1.19. The van der Waals surface area contributed by atoms with Crippen LogP contribution in [0.15, 0.2) is 24.3 Å². The van der Waals surface area contributed by atoms with Crippen LogP contribution in [0, 0.1) is 5.92 Å². The average molecular weight is 246 g/mol. The Hall–Kier alpha value is -1.64. The van der Waals surface area contributed by atoms with Crippen molar-refractivity contribution in [3.05, 3.63) is 29.8 Å². The van der Waals surface area contributed by atoms with Gasteiger partial charge in [0.05, 0.1) is 13.0 Å². The minimum atomic E-state index is -0.397. The first-order chi connectivity index (χ1) is 8.61. The number of benzene rings is 1. The van der Waals surface area contributed by atoms with Crippen molar-refractivity contribution in [1.82, 2.24) is 0 Å². The number of carbonyl (C=O) groups is 2. The third kappa shape index (κ3) is 2.61.